The lowest BCUT2D eigenvalue weighted by Crippen LogP contribution is -2.39. The minimum atomic E-state index is 0.747. The molecule has 7 rings (SSSR count). The van der Waals surface area contributed by atoms with Crippen LogP contribution in [0, 0.1) is 0 Å². The summed E-state index contributed by atoms with van der Waals surface area (Å²) in [7, 11) is 0. The van der Waals surface area contributed by atoms with Crippen molar-refractivity contribution in [2.75, 3.05) is 82.5 Å². The summed E-state index contributed by atoms with van der Waals surface area (Å²) in [5.74, 6) is 2.04. The van der Waals surface area contributed by atoms with Crippen molar-refractivity contribution in [1.29, 1.82) is 0 Å². The van der Waals surface area contributed by atoms with E-state index in [0.717, 1.165) is 118 Å². The van der Waals surface area contributed by atoms with Crippen LogP contribution in [0.1, 0.15) is 16.7 Å². The van der Waals surface area contributed by atoms with E-state index in [9.17, 15) is 0 Å². The molecule has 1 aromatic carbocycles. The number of hydrogen-bond acceptors (Lipinski definition) is 10. The molecule has 3 aliphatic heterocycles. The second-order valence-electron chi connectivity index (χ2n) is 10.5. The maximum absolute atomic E-state index is 5.68. The van der Waals surface area contributed by atoms with Crippen molar-refractivity contribution < 1.29 is 9.47 Å². The SMILES string of the molecule is c1ccc(CN2CCc3c(c(N4CCOCC4)nc4sc5c(NCCN6CCOCC6)ncnc5c34)C2)cc1. The molecule has 3 aliphatic rings. The van der Waals surface area contributed by atoms with Gasteiger partial charge in [0.05, 0.1) is 36.6 Å². The molecule has 204 valence electrons. The van der Waals surface area contributed by atoms with Gasteiger partial charge in [0, 0.05) is 69.9 Å². The number of benzene rings is 1. The first-order valence-corrected chi connectivity index (χ1v) is 14.9. The second kappa shape index (κ2) is 11.3. The van der Waals surface area contributed by atoms with E-state index >= 15 is 0 Å². The van der Waals surface area contributed by atoms with Gasteiger partial charge in [-0.2, -0.15) is 0 Å². The van der Waals surface area contributed by atoms with Crippen molar-refractivity contribution in [3.8, 4) is 0 Å². The Labute approximate surface area is 232 Å². The molecule has 0 spiro atoms. The topological polar surface area (TPSA) is 78.9 Å². The van der Waals surface area contributed by atoms with Gasteiger partial charge in [-0.25, -0.2) is 15.0 Å². The van der Waals surface area contributed by atoms with Gasteiger partial charge in [-0.3, -0.25) is 9.80 Å². The molecule has 2 fully saturated rings. The third-order valence-electron chi connectivity index (χ3n) is 8.04. The molecule has 9 nitrogen and oxygen atoms in total. The summed E-state index contributed by atoms with van der Waals surface area (Å²) in [6.45, 7) is 11.6. The number of rotatable bonds is 7. The van der Waals surface area contributed by atoms with Crippen LogP contribution in [0.2, 0.25) is 0 Å². The highest BCUT2D eigenvalue weighted by Crippen LogP contribution is 2.42. The van der Waals surface area contributed by atoms with Crippen molar-refractivity contribution in [2.45, 2.75) is 19.5 Å². The van der Waals surface area contributed by atoms with E-state index in [4.69, 9.17) is 19.4 Å². The largest absolute Gasteiger partial charge is 0.379 e. The molecule has 4 aromatic rings. The Kier molecular flexibility index (Phi) is 7.28. The lowest BCUT2D eigenvalue weighted by molar-refractivity contribution is 0.0398. The first kappa shape index (κ1) is 25.1. The van der Waals surface area contributed by atoms with Crippen LogP contribution < -0.4 is 10.2 Å². The van der Waals surface area contributed by atoms with Crippen LogP contribution >= 0.6 is 11.3 Å². The molecule has 0 aliphatic carbocycles. The van der Waals surface area contributed by atoms with E-state index in [2.05, 4.69) is 55.3 Å². The highest BCUT2D eigenvalue weighted by molar-refractivity contribution is 7.26. The number of hydrogen-bond donors (Lipinski definition) is 1. The normalized spacial score (nSPS) is 19.0. The van der Waals surface area contributed by atoms with Gasteiger partial charge in [0.1, 0.15) is 22.8 Å². The van der Waals surface area contributed by atoms with Crippen LogP contribution in [-0.2, 0) is 29.0 Å². The van der Waals surface area contributed by atoms with Gasteiger partial charge in [0.25, 0.3) is 0 Å². The molecule has 0 saturated carbocycles. The zero-order valence-corrected chi connectivity index (χ0v) is 23.1. The second-order valence-corrected chi connectivity index (χ2v) is 11.5. The highest BCUT2D eigenvalue weighted by atomic mass is 32.1. The van der Waals surface area contributed by atoms with Gasteiger partial charge in [-0.05, 0) is 17.5 Å². The van der Waals surface area contributed by atoms with E-state index in [0.29, 0.717) is 0 Å². The molecule has 0 bridgehead atoms. The Morgan fingerprint density at radius 1 is 0.872 bits per heavy atom. The maximum atomic E-state index is 5.68. The number of anilines is 2. The number of fused-ring (bicyclic) bond motifs is 5. The molecule has 0 atom stereocenters. The lowest BCUT2D eigenvalue weighted by atomic mass is 9.96. The summed E-state index contributed by atoms with van der Waals surface area (Å²) in [6.07, 6.45) is 2.70. The fourth-order valence-electron chi connectivity index (χ4n) is 6.01. The minimum Gasteiger partial charge on any atom is -0.379 e. The van der Waals surface area contributed by atoms with Crippen molar-refractivity contribution in [1.82, 2.24) is 24.8 Å². The van der Waals surface area contributed by atoms with Gasteiger partial charge in [0.15, 0.2) is 0 Å². The molecule has 2 saturated heterocycles. The molecular weight excluding hydrogens is 510 g/mol. The van der Waals surface area contributed by atoms with Crippen LogP contribution in [-0.4, -0.2) is 97.0 Å². The van der Waals surface area contributed by atoms with E-state index in [1.54, 1.807) is 17.7 Å². The Bertz CT molecular complexity index is 1430. The summed E-state index contributed by atoms with van der Waals surface area (Å²) in [4.78, 5) is 23.3. The standard InChI is InChI=1S/C29H35N7O2S/c1-2-4-21(5-3-1)18-35-8-6-22-23(19-35)28(36-12-16-38-17-13-36)33-29-24(22)25-26(39-29)27(32-20-31-25)30-7-9-34-10-14-37-15-11-34/h1-5,20H,6-19H2,(H,30,31,32). The van der Waals surface area contributed by atoms with Gasteiger partial charge >= 0.3 is 0 Å². The predicted octanol–water partition coefficient (Wildman–Crippen LogP) is 3.38. The molecule has 6 heterocycles. The third kappa shape index (κ3) is 5.19. The third-order valence-corrected chi connectivity index (χ3v) is 9.12. The monoisotopic (exact) mass is 545 g/mol. The van der Waals surface area contributed by atoms with Crippen molar-refractivity contribution in [3.63, 3.8) is 0 Å². The molecular formula is C29H35N7O2S. The number of nitrogens with zero attached hydrogens (tertiary/aromatic N) is 6. The summed E-state index contributed by atoms with van der Waals surface area (Å²) in [6, 6.07) is 10.8. The van der Waals surface area contributed by atoms with Gasteiger partial charge < -0.3 is 19.7 Å². The summed E-state index contributed by atoms with van der Waals surface area (Å²) >= 11 is 1.72. The summed E-state index contributed by atoms with van der Waals surface area (Å²) in [5.41, 5.74) is 5.15. The van der Waals surface area contributed by atoms with Gasteiger partial charge in [-0.15, -0.1) is 11.3 Å². The van der Waals surface area contributed by atoms with Crippen LogP contribution in [0.25, 0.3) is 20.4 Å². The van der Waals surface area contributed by atoms with Crippen molar-refractivity contribution >= 4 is 43.4 Å². The number of ether oxygens (including phenoxy) is 2. The van der Waals surface area contributed by atoms with E-state index < -0.39 is 0 Å². The zero-order valence-electron chi connectivity index (χ0n) is 22.3. The fourth-order valence-corrected chi connectivity index (χ4v) is 7.13. The van der Waals surface area contributed by atoms with E-state index in [1.165, 1.54) is 22.1 Å². The Morgan fingerprint density at radius 2 is 1.67 bits per heavy atom. The molecule has 0 radical (unpaired) electrons. The number of pyridine rings is 1. The zero-order chi connectivity index (χ0) is 26.0. The van der Waals surface area contributed by atoms with Gasteiger partial charge in [-0.1, -0.05) is 30.3 Å². The molecule has 0 unspecified atom stereocenters. The molecule has 39 heavy (non-hydrogen) atoms. The quantitative estimate of drug-likeness (QED) is 0.376. The van der Waals surface area contributed by atoms with Crippen LogP contribution in [0.15, 0.2) is 36.7 Å². The maximum Gasteiger partial charge on any atom is 0.147 e. The van der Waals surface area contributed by atoms with Gasteiger partial charge in [0.2, 0.25) is 0 Å². The first-order chi connectivity index (χ1) is 19.3. The smallest absolute Gasteiger partial charge is 0.147 e. The molecule has 3 aromatic heterocycles. The highest BCUT2D eigenvalue weighted by Gasteiger charge is 2.29. The Hall–Kier alpha value is -2.89. The Balaban J connectivity index is 1.24. The first-order valence-electron chi connectivity index (χ1n) is 14.1. The van der Waals surface area contributed by atoms with E-state index in [1.807, 2.05) is 0 Å². The molecule has 0 amide bonds. The van der Waals surface area contributed by atoms with Crippen LogP contribution in [0.3, 0.4) is 0 Å². The summed E-state index contributed by atoms with van der Waals surface area (Å²) in [5, 5.41) is 4.82. The molecule has 10 heteroatoms. The van der Waals surface area contributed by atoms with Crippen molar-refractivity contribution in [2.24, 2.45) is 0 Å². The Morgan fingerprint density at radius 3 is 2.49 bits per heavy atom. The average molecular weight is 546 g/mol. The molecule has 1 N–H and O–H groups in total. The number of morpholine rings is 2. The van der Waals surface area contributed by atoms with Crippen LogP contribution in [0.4, 0.5) is 11.6 Å². The lowest BCUT2D eigenvalue weighted by Gasteiger charge is -2.35. The summed E-state index contributed by atoms with van der Waals surface area (Å²) < 4.78 is 12.3. The number of nitrogens with one attached hydrogen (secondary N) is 1. The minimum absolute atomic E-state index is 0.747. The fraction of sp³-hybridized carbons (Fsp3) is 0.483. The number of aromatic nitrogens is 3. The van der Waals surface area contributed by atoms with Crippen LogP contribution in [0.5, 0.6) is 0 Å². The van der Waals surface area contributed by atoms with E-state index in [-0.39, 0.29) is 0 Å². The number of thiophene rings is 1. The average Bonchev–Trinajstić information content (AvgIpc) is 3.38. The van der Waals surface area contributed by atoms with Crippen molar-refractivity contribution in [3.05, 3.63) is 53.3 Å². The predicted molar refractivity (Wildman–Crippen MR) is 156 cm³/mol.